The van der Waals surface area contributed by atoms with Crippen LogP contribution < -0.4 is 0 Å². The van der Waals surface area contributed by atoms with E-state index in [1.54, 1.807) is 0 Å². The lowest BCUT2D eigenvalue weighted by atomic mass is 9.94. The minimum absolute atomic E-state index is 0.0824. The average Bonchev–Trinajstić information content (AvgIpc) is 3.17. The molecule has 24 heavy (non-hydrogen) atoms. The lowest BCUT2D eigenvalue weighted by Crippen LogP contribution is -2.39. The smallest absolute Gasteiger partial charge is 0.278 e. The van der Waals surface area contributed by atoms with Gasteiger partial charge in [0.2, 0.25) is 0 Å². The van der Waals surface area contributed by atoms with Crippen molar-refractivity contribution in [2.45, 2.75) is 89.4 Å². The van der Waals surface area contributed by atoms with Crippen molar-refractivity contribution in [3.8, 4) is 0 Å². The van der Waals surface area contributed by atoms with Crippen LogP contribution in [0.5, 0.6) is 0 Å². The maximum Gasteiger partial charge on any atom is 0.278 e. The molecule has 1 aromatic heterocycles. The Balaban J connectivity index is 1.45. The molecular weight excluding hydrogens is 315 g/mol. The van der Waals surface area contributed by atoms with Gasteiger partial charge >= 0.3 is 0 Å². The molecule has 1 aromatic rings. The normalized spacial score (nSPS) is 34.8. The van der Waals surface area contributed by atoms with Gasteiger partial charge in [0.1, 0.15) is 24.6 Å². The molecule has 0 bridgehead atoms. The Morgan fingerprint density at radius 1 is 1.25 bits per heavy atom. The van der Waals surface area contributed by atoms with E-state index in [1.165, 1.54) is 12.5 Å². The summed E-state index contributed by atoms with van der Waals surface area (Å²) in [5.74, 6) is 0.0118. The van der Waals surface area contributed by atoms with Crippen molar-refractivity contribution in [2.75, 3.05) is 0 Å². The third-order valence-electron chi connectivity index (χ3n) is 5.36. The number of aryl methyl sites for hydroxylation is 1. The molecule has 0 amide bonds. The Morgan fingerprint density at radius 2 is 2.04 bits per heavy atom. The molecule has 0 radical (unpaired) electrons. The molecule has 0 N–H and O–H groups in total. The minimum Gasteiger partial charge on any atom is -0.433 e. The fourth-order valence-electron chi connectivity index (χ4n) is 4.05. The molecule has 4 atom stereocenters. The summed E-state index contributed by atoms with van der Waals surface area (Å²) in [6, 6.07) is 0.788. The predicted octanol–water partition coefficient (Wildman–Crippen LogP) is 3.82. The highest BCUT2D eigenvalue weighted by atomic mass is 19.1. The number of rotatable bonds is 4. The summed E-state index contributed by atoms with van der Waals surface area (Å²) in [5.41, 5.74) is 0.753. The Kier molecular flexibility index (Phi) is 4.41. The molecule has 3 fully saturated rings. The molecule has 134 valence electrons. The van der Waals surface area contributed by atoms with Crippen molar-refractivity contribution in [3.05, 3.63) is 23.4 Å². The molecule has 3 heterocycles. The Hall–Kier alpha value is -0.950. The van der Waals surface area contributed by atoms with E-state index >= 15 is 0 Å². The van der Waals surface area contributed by atoms with E-state index < -0.39 is 11.8 Å². The van der Waals surface area contributed by atoms with E-state index in [1.807, 2.05) is 6.92 Å². The lowest BCUT2D eigenvalue weighted by Gasteiger charge is -2.34. The summed E-state index contributed by atoms with van der Waals surface area (Å²) in [6.07, 6.45) is 5.19. The van der Waals surface area contributed by atoms with Crippen molar-refractivity contribution in [1.29, 1.82) is 0 Å². The summed E-state index contributed by atoms with van der Waals surface area (Å²) in [7, 11) is 0. The van der Waals surface area contributed by atoms with Gasteiger partial charge < -0.3 is 23.4 Å². The van der Waals surface area contributed by atoms with Crippen LogP contribution >= 0.6 is 0 Å². The second-order valence-corrected chi connectivity index (χ2v) is 7.06. The highest BCUT2D eigenvalue weighted by Crippen LogP contribution is 2.46. The number of hydrogen-bond donors (Lipinski definition) is 0. The third kappa shape index (κ3) is 2.90. The molecule has 1 saturated carbocycles. The van der Waals surface area contributed by atoms with Crippen molar-refractivity contribution in [2.24, 2.45) is 0 Å². The largest absolute Gasteiger partial charge is 0.433 e. The zero-order chi connectivity index (χ0) is 16.7. The summed E-state index contributed by atoms with van der Waals surface area (Å²) in [4.78, 5) is 0. The predicted molar refractivity (Wildman–Crippen MR) is 82.7 cm³/mol. The van der Waals surface area contributed by atoms with Gasteiger partial charge in [-0.1, -0.05) is 13.3 Å². The zero-order valence-electron chi connectivity index (χ0n) is 14.3. The highest BCUT2D eigenvalue weighted by Gasteiger charge is 2.57. The number of halogens is 1. The first-order valence-corrected chi connectivity index (χ1v) is 8.98. The molecule has 4 rings (SSSR count). The highest BCUT2D eigenvalue weighted by molar-refractivity contribution is 5.14. The van der Waals surface area contributed by atoms with Crippen LogP contribution in [-0.4, -0.2) is 30.4 Å². The van der Waals surface area contributed by atoms with E-state index in [2.05, 4.69) is 6.92 Å². The topological polar surface area (TPSA) is 50.1 Å². The fraction of sp³-hybridized carbons (Fsp3) is 0.778. The monoisotopic (exact) mass is 340 g/mol. The maximum atomic E-state index is 13.2. The lowest BCUT2D eigenvalue weighted by molar-refractivity contribution is -0.249. The Morgan fingerprint density at radius 3 is 2.71 bits per heavy atom. The van der Waals surface area contributed by atoms with Gasteiger partial charge in [0, 0.05) is 18.9 Å². The summed E-state index contributed by atoms with van der Waals surface area (Å²) in [6.45, 7) is 4.07. The number of fused-ring (bicyclic) bond motifs is 1. The van der Waals surface area contributed by atoms with Gasteiger partial charge in [-0.15, -0.1) is 0 Å². The van der Waals surface area contributed by atoms with E-state index in [0.29, 0.717) is 5.76 Å². The van der Waals surface area contributed by atoms with Crippen LogP contribution in [0, 0.1) is 12.9 Å². The summed E-state index contributed by atoms with van der Waals surface area (Å²) < 4.78 is 42.8. The van der Waals surface area contributed by atoms with Crippen molar-refractivity contribution in [3.63, 3.8) is 0 Å². The van der Waals surface area contributed by atoms with Gasteiger partial charge in [-0.2, -0.15) is 4.39 Å². The molecule has 0 aromatic carbocycles. The second kappa shape index (κ2) is 6.41. The summed E-state index contributed by atoms with van der Waals surface area (Å²) >= 11 is 0. The maximum absolute atomic E-state index is 13.2. The third-order valence-corrected chi connectivity index (χ3v) is 5.36. The van der Waals surface area contributed by atoms with Gasteiger partial charge in [-0.3, -0.25) is 0 Å². The average molecular weight is 340 g/mol. The molecule has 2 aliphatic heterocycles. The van der Waals surface area contributed by atoms with Gasteiger partial charge in [0.15, 0.2) is 12.1 Å². The van der Waals surface area contributed by atoms with Crippen molar-refractivity contribution in [1.82, 2.24) is 0 Å². The van der Waals surface area contributed by atoms with Crippen LogP contribution in [0.25, 0.3) is 0 Å². The molecule has 5 nitrogen and oxygen atoms in total. The van der Waals surface area contributed by atoms with E-state index in [9.17, 15) is 4.39 Å². The zero-order valence-corrected chi connectivity index (χ0v) is 14.3. The fourth-order valence-corrected chi connectivity index (χ4v) is 4.05. The van der Waals surface area contributed by atoms with Crippen LogP contribution in [0.2, 0.25) is 0 Å². The minimum atomic E-state index is -0.583. The number of furan rings is 1. The molecule has 1 spiro atoms. The van der Waals surface area contributed by atoms with Crippen LogP contribution in [0.4, 0.5) is 4.39 Å². The van der Waals surface area contributed by atoms with Gasteiger partial charge in [0.25, 0.3) is 6.01 Å². The Bertz CT molecular complexity index is 580. The standard InChI is InChI=1S/C18H25FO5/c1-3-12-15(20-10-13-11(2)9-14(19)21-13)16-17(22-12)24-18(23-16)7-5-4-6-8-18/h9,12,15-17H,3-8,10H2,1-2H3/t12-,15+,16-,17-/m1/s1. The van der Waals surface area contributed by atoms with Crippen LogP contribution in [0.3, 0.4) is 0 Å². The van der Waals surface area contributed by atoms with Gasteiger partial charge in [0.05, 0.1) is 6.10 Å². The number of ether oxygens (including phenoxy) is 4. The van der Waals surface area contributed by atoms with Crippen LogP contribution in [-0.2, 0) is 25.6 Å². The Labute approximate surface area is 141 Å². The molecule has 1 aliphatic carbocycles. The first kappa shape index (κ1) is 16.5. The SMILES string of the molecule is CC[C@H]1O[C@@H]2OC3(CCCCC3)O[C@@H]2[C@H]1OCc1oc(F)cc1C. The molecule has 6 heteroatoms. The quantitative estimate of drug-likeness (QED) is 0.834. The molecule has 3 aliphatic rings. The molecule has 0 unspecified atom stereocenters. The van der Waals surface area contributed by atoms with Crippen molar-refractivity contribution < 1.29 is 27.8 Å². The van der Waals surface area contributed by atoms with E-state index in [4.69, 9.17) is 23.4 Å². The number of hydrogen-bond acceptors (Lipinski definition) is 5. The molecular formula is C18H25FO5. The van der Waals surface area contributed by atoms with Crippen LogP contribution in [0.1, 0.15) is 56.8 Å². The van der Waals surface area contributed by atoms with Crippen LogP contribution in [0.15, 0.2) is 10.5 Å². The summed E-state index contributed by atoms with van der Waals surface area (Å²) in [5, 5.41) is 0. The first-order valence-electron chi connectivity index (χ1n) is 8.98. The molecule has 2 saturated heterocycles. The second-order valence-electron chi connectivity index (χ2n) is 7.06. The first-order chi connectivity index (χ1) is 11.6. The van der Waals surface area contributed by atoms with E-state index in [-0.39, 0.29) is 31.2 Å². The van der Waals surface area contributed by atoms with Gasteiger partial charge in [-0.05, 0) is 31.7 Å². The van der Waals surface area contributed by atoms with E-state index in [0.717, 1.165) is 37.7 Å². The van der Waals surface area contributed by atoms with Crippen molar-refractivity contribution >= 4 is 0 Å². The van der Waals surface area contributed by atoms with Gasteiger partial charge in [-0.25, -0.2) is 0 Å².